The standard InChI is InChI=1S/C20H18F3NO2/c1-2-26-19(25)11-14-10-18(13-6-4-3-5-7-13)24-17-9-8-15(12-16(14)17)20(21,22)23/h3-9,11-12,18,24H,2,10H2,1H3/b14-11-/t18-/m1/s1. The highest BCUT2D eigenvalue weighted by molar-refractivity contribution is 5.94. The summed E-state index contributed by atoms with van der Waals surface area (Å²) in [6.45, 7) is 1.89. The van der Waals surface area contributed by atoms with Crippen molar-refractivity contribution in [3.63, 3.8) is 0 Å². The van der Waals surface area contributed by atoms with Gasteiger partial charge in [0, 0.05) is 17.3 Å². The zero-order valence-corrected chi connectivity index (χ0v) is 14.1. The molecule has 1 aliphatic heterocycles. The number of halogens is 3. The molecule has 1 heterocycles. The Morgan fingerprint density at radius 1 is 1.23 bits per heavy atom. The van der Waals surface area contributed by atoms with Crippen LogP contribution in [0.2, 0.25) is 0 Å². The third-order valence-corrected chi connectivity index (χ3v) is 4.23. The lowest BCUT2D eigenvalue weighted by atomic mass is 9.88. The lowest BCUT2D eigenvalue weighted by Gasteiger charge is -2.30. The van der Waals surface area contributed by atoms with Gasteiger partial charge in [0.1, 0.15) is 0 Å². The van der Waals surface area contributed by atoms with Crippen molar-refractivity contribution >= 4 is 17.2 Å². The number of rotatable bonds is 3. The summed E-state index contributed by atoms with van der Waals surface area (Å²) in [5.74, 6) is -0.556. The van der Waals surface area contributed by atoms with E-state index in [0.29, 0.717) is 23.2 Å². The van der Waals surface area contributed by atoms with Gasteiger partial charge in [-0.3, -0.25) is 0 Å². The molecule has 0 saturated heterocycles. The summed E-state index contributed by atoms with van der Waals surface area (Å²) in [4.78, 5) is 11.9. The first kappa shape index (κ1) is 18.0. The van der Waals surface area contributed by atoms with Crippen LogP contribution in [0.4, 0.5) is 18.9 Å². The molecule has 0 amide bonds. The Hall–Kier alpha value is -2.76. The van der Waals surface area contributed by atoms with Gasteiger partial charge in [0.2, 0.25) is 0 Å². The Bertz CT molecular complexity index is 829. The summed E-state index contributed by atoms with van der Waals surface area (Å²) < 4.78 is 44.2. The number of carbonyl (C=O) groups is 1. The topological polar surface area (TPSA) is 38.3 Å². The first-order valence-electron chi connectivity index (χ1n) is 8.29. The van der Waals surface area contributed by atoms with E-state index in [4.69, 9.17) is 4.74 Å². The lowest BCUT2D eigenvalue weighted by Crippen LogP contribution is -2.19. The van der Waals surface area contributed by atoms with E-state index in [0.717, 1.165) is 17.7 Å². The fourth-order valence-corrected chi connectivity index (χ4v) is 3.03. The molecule has 136 valence electrons. The average molecular weight is 361 g/mol. The molecule has 2 aromatic rings. The number of hydrogen-bond donors (Lipinski definition) is 1. The van der Waals surface area contributed by atoms with Gasteiger partial charge in [-0.25, -0.2) is 4.79 Å². The molecule has 1 atom stereocenters. The van der Waals surface area contributed by atoms with Gasteiger partial charge in [0.25, 0.3) is 0 Å². The molecule has 0 fully saturated rings. The second-order valence-corrected chi connectivity index (χ2v) is 5.99. The highest BCUT2D eigenvalue weighted by atomic mass is 19.4. The van der Waals surface area contributed by atoms with E-state index in [1.807, 2.05) is 30.3 Å². The second kappa shape index (κ2) is 7.23. The molecular weight excluding hydrogens is 343 g/mol. The SMILES string of the molecule is CCOC(=O)/C=C1/C[C@H](c2ccccc2)Nc2ccc(C(F)(F)F)cc21. The fraction of sp³-hybridized carbons (Fsp3) is 0.250. The molecule has 0 aliphatic carbocycles. The number of anilines is 1. The van der Waals surface area contributed by atoms with E-state index in [1.54, 1.807) is 6.92 Å². The quantitative estimate of drug-likeness (QED) is 0.603. The van der Waals surface area contributed by atoms with Crippen LogP contribution < -0.4 is 5.32 Å². The first-order valence-corrected chi connectivity index (χ1v) is 8.29. The number of nitrogens with one attached hydrogen (secondary N) is 1. The van der Waals surface area contributed by atoms with Crippen molar-refractivity contribution in [3.05, 3.63) is 71.3 Å². The highest BCUT2D eigenvalue weighted by Gasteiger charge is 2.33. The minimum atomic E-state index is -4.44. The monoisotopic (exact) mass is 361 g/mol. The molecule has 26 heavy (non-hydrogen) atoms. The van der Waals surface area contributed by atoms with E-state index in [9.17, 15) is 18.0 Å². The van der Waals surface area contributed by atoms with Crippen LogP contribution in [0.3, 0.4) is 0 Å². The van der Waals surface area contributed by atoms with Crippen LogP contribution in [-0.2, 0) is 15.7 Å². The van der Waals surface area contributed by atoms with Crippen LogP contribution >= 0.6 is 0 Å². The van der Waals surface area contributed by atoms with Gasteiger partial charge < -0.3 is 10.1 Å². The number of fused-ring (bicyclic) bond motifs is 1. The minimum Gasteiger partial charge on any atom is -0.463 e. The molecule has 3 rings (SSSR count). The van der Waals surface area contributed by atoms with Crippen molar-refractivity contribution in [1.29, 1.82) is 0 Å². The number of alkyl halides is 3. The zero-order valence-electron chi connectivity index (χ0n) is 14.1. The second-order valence-electron chi connectivity index (χ2n) is 5.99. The Kier molecular flexibility index (Phi) is 5.02. The van der Waals surface area contributed by atoms with E-state index >= 15 is 0 Å². The molecule has 3 nitrogen and oxygen atoms in total. The number of ether oxygens (including phenoxy) is 1. The normalized spacial score (nSPS) is 18.2. The molecule has 1 N–H and O–H groups in total. The van der Waals surface area contributed by atoms with Crippen molar-refractivity contribution in [2.45, 2.75) is 25.6 Å². The Balaban J connectivity index is 2.04. The van der Waals surface area contributed by atoms with Gasteiger partial charge >= 0.3 is 12.1 Å². The fourth-order valence-electron chi connectivity index (χ4n) is 3.03. The smallest absolute Gasteiger partial charge is 0.416 e. The van der Waals surface area contributed by atoms with Gasteiger partial charge in [-0.15, -0.1) is 0 Å². The van der Waals surface area contributed by atoms with Gasteiger partial charge in [-0.05, 0) is 42.7 Å². The molecule has 1 aliphatic rings. The maximum absolute atomic E-state index is 13.1. The Morgan fingerprint density at radius 2 is 1.96 bits per heavy atom. The summed E-state index contributed by atoms with van der Waals surface area (Å²) in [6, 6.07) is 13.0. The number of benzene rings is 2. The van der Waals surface area contributed by atoms with E-state index in [-0.39, 0.29) is 12.6 Å². The summed E-state index contributed by atoms with van der Waals surface area (Å²) in [6.07, 6.45) is -2.77. The van der Waals surface area contributed by atoms with E-state index < -0.39 is 17.7 Å². The summed E-state index contributed by atoms with van der Waals surface area (Å²) >= 11 is 0. The van der Waals surface area contributed by atoms with Gasteiger partial charge in [-0.2, -0.15) is 13.2 Å². The molecule has 6 heteroatoms. The Morgan fingerprint density at radius 3 is 2.62 bits per heavy atom. The van der Waals surface area contributed by atoms with Crippen molar-refractivity contribution < 1.29 is 22.7 Å². The van der Waals surface area contributed by atoms with Crippen molar-refractivity contribution in [2.75, 3.05) is 11.9 Å². The van der Waals surface area contributed by atoms with E-state index in [1.165, 1.54) is 12.1 Å². The summed E-state index contributed by atoms with van der Waals surface area (Å²) in [7, 11) is 0. The third-order valence-electron chi connectivity index (χ3n) is 4.23. The average Bonchev–Trinajstić information content (AvgIpc) is 2.61. The predicted molar refractivity (Wildman–Crippen MR) is 93.5 cm³/mol. The molecule has 0 saturated carbocycles. The molecule has 2 aromatic carbocycles. The van der Waals surface area contributed by atoms with E-state index in [2.05, 4.69) is 5.32 Å². The van der Waals surface area contributed by atoms with Crippen LogP contribution in [0.5, 0.6) is 0 Å². The van der Waals surface area contributed by atoms with Crippen LogP contribution in [0, 0.1) is 0 Å². The number of carbonyl (C=O) groups excluding carboxylic acids is 1. The molecule has 0 unspecified atom stereocenters. The van der Waals surface area contributed by atoms with Gasteiger partial charge in [-0.1, -0.05) is 30.3 Å². The zero-order chi connectivity index (χ0) is 18.7. The van der Waals surface area contributed by atoms with Crippen molar-refractivity contribution in [2.24, 2.45) is 0 Å². The predicted octanol–water partition coefficient (Wildman–Crippen LogP) is 5.21. The maximum atomic E-state index is 13.1. The van der Waals surface area contributed by atoms with Crippen LogP contribution in [0.1, 0.15) is 36.1 Å². The first-order chi connectivity index (χ1) is 12.4. The molecule has 0 bridgehead atoms. The third kappa shape index (κ3) is 3.90. The highest BCUT2D eigenvalue weighted by Crippen LogP contribution is 2.42. The molecular formula is C20H18F3NO2. The van der Waals surface area contributed by atoms with Crippen LogP contribution in [-0.4, -0.2) is 12.6 Å². The van der Waals surface area contributed by atoms with Crippen LogP contribution in [0.15, 0.2) is 54.6 Å². The molecule has 0 radical (unpaired) electrons. The minimum absolute atomic E-state index is 0.138. The molecule has 0 spiro atoms. The van der Waals surface area contributed by atoms with Crippen molar-refractivity contribution in [1.82, 2.24) is 0 Å². The van der Waals surface area contributed by atoms with Gasteiger partial charge in [0.15, 0.2) is 0 Å². The van der Waals surface area contributed by atoms with Crippen molar-refractivity contribution in [3.8, 4) is 0 Å². The Labute approximate surface area is 149 Å². The van der Waals surface area contributed by atoms with Crippen LogP contribution in [0.25, 0.3) is 5.57 Å². The van der Waals surface area contributed by atoms with Gasteiger partial charge in [0.05, 0.1) is 18.2 Å². The largest absolute Gasteiger partial charge is 0.463 e. The number of hydrogen-bond acceptors (Lipinski definition) is 3. The summed E-state index contributed by atoms with van der Waals surface area (Å²) in [5.41, 5.74) is 1.71. The molecule has 0 aromatic heterocycles. The maximum Gasteiger partial charge on any atom is 0.416 e. The summed E-state index contributed by atoms with van der Waals surface area (Å²) in [5, 5.41) is 3.27. The lowest BCUT2D eigenvalue weighted by molar-refractivity contribution is -0.138. The number of esters is 1.